The Bertz CT molecular complexity index is 54.0. The first kappa shape index (κ1) is 6.47. The van der Waals surface area contributed by atoms with Gasteiger partial charge in [-0.05, 0) is 6.42 Å². The Morgan fingerprint density at radius 3 is 2.43 bits per heavy atom. The van der Waals surface area contributed by atoms with E-state index in [4.69, 9.17) is 0 Å². The molecular formula is C5H10NO. The quantitative estimate of drug-likeness (QED) is 0.477. The van der Waals surface area contributed by atoms with Gasteiger partial charge in [0.25, 0.3) is 0 Å². The zero-order valence-corrected chi connectivity index (χ0v) is 4.72. The van der Waals surface area contributed by atoms with E-state index in [1.54, 1.807) is 7.05 Å². The molecule has 0 heterocycles. The van der Waals surface area contributed by atoms with E-state index in [-0.39, 0.29) is 0 Å². The zero-order chi connectivity index (χ0) is 5.70. The number of hydrogen-bond acceptors (Lipinski definition) is 1. The fraction of sp³-hybridized carbons (Fsp3) is 0.600. The molecule has 1 radical (unpaired) electrons. The highest BCUT2D eigenvalue weighted by molar-refractivity contribution is 5.47. The maximum atomic E-state index is 9.79. The molecule has 0 aromatic rings. The minimum atomic E-state index is 0.781. The molecule has 0 bridgehead atoms. The highest BCUT2D eigenvalue weighted by Gasteiger charge is 1.85. The SMILES string of the molecule is CC[CH]N(C)C=O. The Kier molecular flexibility index (Phi) is 3.38. The number of nitrogens with zero attached hydrogens (tertiary/aromatic N) is 1. The molecule has 0 spiro atoms. The standard InChI is InChI=1S/C5H10NO/c1-3-4-6(2)5-7/h4-5H,3H2,1-2H3. The minimum absolute atomic E-state index is 0.781. The molecule has 0 aliphatic rings. The van der Waals surface area contributed by atoms with Crippen LogP contribution in [0.5, 0.6) is 0 Å². The Morgan fingerprint density at radius 2 is 2.29 bits per heavy atom. The summed E-state index contributed by atoms with van der Waals surface area (Å²) < 4.78 is 0. The summed E-state index contributed by atoms with van der Waals surface area (Å²) in [6, 6.07) is 0. The van der Waals surface area contributed by atoms with Crippen LogP contribution in [0.25, 0.3) is 0 Å². The summed E-state index contributed by atoms with van der Waals surface area (Å²) in [5.74, 6) is 0. The first-order chi connectivity index (χ1) is 3.31. The predicted octanol–water partition coefficient (Wildman–Crippen LogP) is 0.646. The van der Waals surface area contributed by atoms with E-state index in [1.165, 1.54) is 4.90 Å². The number of hydrogen-bond donors (Lipinski definition) is 0. The third kappa shape index (κ3) is 3.30. The highest BCUT2D eigenvalue weighted by Crippen LogP contribution is 1.85. The van der Waals surface area contributed by atoms with Gasteiger partial charge in [-0.1, -0.05) is 6.92 Å². The van der Waals surface area contributed by atoms with Crippen molar-refractivity contribution >= 4 is 6.41 Å². The van der Waals surface area contributed by atoms with Crippen LogP contribution in [0.4, 0.5) is 0 Å². The molecule has 0 fully saturated rings. The molecule has 7 heavy (non-hydrogen) atoms. The van der Waals surface area contributed by atoms with Gasteiger partial charge in [0, 0.05) is 7.05 Å². The number of carbonyl (C=O) groups is 1. The molecule has 0 aliphatic heterocycles. The molecule has 41 valence electrons. The van der Waals surface area contributed by atoms with E-state index in [2.05, 4.69) is 0 Å². The molecule has 0 N–H and O–H groups in total. The van der Waals surface area contributed by atoms with Crippen LogP contribution >= 0.6 is 0 Å². The zero-order valence-electron chi connectivity index (χ0n) is 4.72. The average molecular weight is 100 g/mol. The number of rotatable bonds is 3. The van der Waals surface area contributed by atoms with Gasteiger partial charge in [-0.2, -0.15) is 0 Å². The molecule has 2 heteroatoms. The van der Waals surface area contributed by atoms with E-state index in [1.807, 2.05) is 13.5 Å². The second-order valence-corrected chi connectivity index (χ2v) is 1.36. The molecule has 0 aromatic carbocycles. The van der Waals surface area contributed by atoms with Crippen LogP contribution in [0, 0.1) is 6.54 Å². The fourth-order valence-electron chi connectivity index (χ4n) is 0.331. The van der Waals surface area contributed by atoms with Crippen LogP contribution < -0.4 is 0 Å². The van der Waals surface area contributed by atoms with E-state index < -0.39 is 0 Å². The lowest BCUT2D eigenvalue weighted by Gasteiger charge is -2.04. The van der Waals surface area contributed by atoms with E-state index in [9.17, 15) is 4.79 Å². The number of amides is 1. The second-order valence-electron chi connectivity index (χ2n) is 1.36. The lowest BCUT2D eigenvalue weighted by Crippen LogP contribution is -2.10. The molecule has 0 rings (SSSR count). The van der Waals surface area contributed by atoms with Crippen LogP contribution in [0.3, 0.4) is 0 Å². The van der Waals surface area contributed by atoms with Crippen LogP contribution in [-0.4, -0.2) is 18.4 Å². The van der Waals surface area contributed by atoms with Crippen molar-refractivity contribution in [3.05, 3.63) is 6.54 Å². The molecule has 0 atom stereocenters. The highest BCUT2D eigenvalue weighted by atomic mass is 16.1. The summed E-state index contributed by atoms with van der Waals surface area (Å²) >= 11 is 0. The van der Waals surface area contributed by atoms with Gasteiger partial charge < -0.3 is 4.90 Å². The Balaban J connectivity index is 2.98. The predicted molar refractivity (Wildman–Crippen MR) is 28.4 cm³/mol. The van der Waals surface area contributed by atoms with Gasteiger partial charge in [0.2, 0.25) is 6.41 Å². The van der Waals surface area contributed by atoms with Crippen LogP contribution in [0.2, 0.25) is 0 Å². The summed E-state index contributed by atoms with van der Waals surface area (Å²) in [5.41, 5.74) is 0. The van der Waals surface area contributed by atoms with Gasteiger partial charge in [0.05, 0.1) is 6.54 Å². The van der Waals surface area contributed by atoms with Crippen molar-refractivity contribution < 1.29 is 4.79 Å². The average Bonchev–Trinajstić information content (AvgIpc) is 1.68. The third-order valence-electron chi connectivity index (χ3n) is 0.637. The molecule has 0 saturated heterocycles. The molecule has 1 amide bonds. The van der Waals surface area contributed by atoms with Gasteiger partial charge in [-0.25, -0.2) is 0 Å². The second kappa shape index (κ2) is 3.65. The molecule has 0 saturated carbocycles. The lowest BCUT2D eigenvalue weighted by atomic mass is 10.5. The van der Waals surface area contributed by atoms with Crippen molar-refractivity contribution in [3.63, 3.8) is 0 Å². The summed E-state index contributed by atoms with van der Waals surface area (Å²) in [4.78, 5) is 11.3. The van der Waals surface area contributed by atoms with Crippen LogP contribution in [0.15, 0.2) is 0 Å². The molecule has 0 aromatic heterocycles. The molecule has 0 unspecified atom stereocenters. The summed E-state index contributed by atoms with van der Waals surface area (Å²) in [6.07, 6.45) is 1.69. The van der Waals surface area contributed by atoms with Gasteiger partial charge in [-0.15, -0.1) is 0 Å². The Morgan fingerprint density at radius 1 is 1.71 bits per heavy atom. The summed E-state index contributed by atoms with van der Waals surface area (Å²) in [5, 5.41) is 0. The smallest absolute Gasteiger partial charge is 0.209 e. The van der Waals surface area contributed by atoms with Gasteiger partial charge in [-0.3, -0.25) is 4.79 Å². The topological polar surface area (TPSA) is 20.3 Å². The van der Waals surface area contributed by atoms with Crippen molar-refractivity contribution in [2.45, 2.75) is 13.3 Å². The summed E-state index contributed by atoms with van der Waals surface area (Å²) in [6.45, 7) is 3.80. The first-order valence-corrected chi connectivity index (χ1v) is 2.31. The maximum Gasteiger partial charge on any atom is 0.209 e. The van der Waals surface area contributed by atoms with Crippen molar-refractivity contribution in [3.8, 4) is 0 Å². The molecule has 2 nitrogen and oxygen atoms in total. The monoisotopic (exact) mass is 100 g/mol. The van der Waals surface area contributed by atoms with Crippen molar-refractivity contribution in [2.75, 3.05) is 7.05 Å². The largest absolute Gasteiger partial charge is 0.343 e. The minimum Gasteiger partial charge on any atom is -0.343 e. The van der Waals surface area contributed by atoms with Crippen molar-refractivity contribution in [1.82, 2.24) is 4.90 Å². The van der Waals surface area contributed by atoms with Crippen LogP contribution in [0.1, 0.15) is 13.3 Å². The Labute approximate surface area is 44.1 Å². The third-order valence-corrected chi connectivity index (χ3v) is 0.637. The summed E-state index contributed by atoms with van der Waals surface area (Å²) in [7, 11) is 1.72. The normalized spacial score (nSPS) is 8.29. The van der Waals surface area contributed by atoms with E-state index in [0.717, 1.165) is 12.8 Å². The lowest BCUT2D eigenvalue weighted by molar-refractivity contribution is -0.115. The Hall–Kier alpha value is -0.530. The maximum absolute atomic E-state index is 9.79. The van der Waals surface area contributed by atoms with Gasteiger partial charge >= 0.3 is 0 Å². The number of carbonyl (C=O) groups excluding carboxylic acids is 1. The fourth-order valence-corrected chi connectivity index (χ4v) is 0.331. The van der Waals surface area contributed by atoms with Crippen LogP contribution in [-0.2, 0) is 4.79 Å². The van der Waals surface area contributed by atoms with Gasteiger partial charge in [0.1, 0.15) is 0 Å². The van der Waals surface area contributed by atoms with Crippen molar-refractivity contribution in [2.24, 2.45) is 0 Å². The van der Waals surface area contributed by atoms with Gasteiger partial charge in [0.15, 0.2) is 0 Å². The van der Waals surface area contributed by atoms with E-state index >= 15 is 0 Å². The van der Waals surface area contributed by atoms with Crippen molar-refractivity contribution in [1.29, 1.82) is 0 Å². The molecule has 0 aliphatic carbocycles. The first-order valence-electron chi connectivity index (χ1n) is 2.31. The molecular weight excluding hydrogens is 90.1 g/mol. The van der Waals surface area contributed by atoms with E-state index in [0.29, 0.717) is 0 Å².